The third kappa shape index (κ3) is 3.90. The number of benzene rings is 1. The second kappa shape index (κ2) is 7.15. The second-order valence-corrected chi connectivity index (χ2v) is 5.85. The van der Waals surface area contributed by atoms with E-state index in [0.717, 1.165) is 34.4 Å². The summed E-state index contributed by atoms with van der Waals surface area (Å²) in [5.41, 5.74) is 5.76. The molecule has 1 aromatic heterocycles. The zero-order valence-electron chi connectivity index (χ0n) is 12.2. The number of nitrogens with zero attached hydrogens (tertiary/aromatic N) is 2. The number of hydrogen-bond donors (Lipinski definition) is 2. The number of aromatic nitrogens is 2. The number of rotatable bonds is 6. The van der Waals surface area contributed by atoms with Gasteiger partial charge in [0, 0.05) is 11.0 Å². The highest BCUT2D eigenvalue weighted by atomic mass is 79.9. The lowest BCUT2D eigenvalue weighted by molar-refractivity contribution is 0.488. The molecular formula is C15H20BrFN4. The summed E-state index contributed by atoms with van der Waals surface area (Å²) in [7, 11) is 0. The Morgan fingerprint density at radius 3 is 2.67 bits per heavy atom. The van der Waals surface area contributed by atoms with Crippen LogP contribution in [0.25, 0.3) is 0 Å². The first-order valence-corrected chi connectivity index (χ1v) is 7.84. The molecule has 1 aromatic carbocycles. The van der Waals surface area contributed by atoms with Crippen LogP contribution in [0.5, 0.6) is 0 Å². The summed E-state index contributed by atoms with van der Waals surface area (Å²) in [6.07, 6.45) is 1.48. The molecule has 0 saturated carbocycles. The van der Waals surface area contributed by atoms with E-state index in [1.54, 1.807) is 0 Å². The molecule has 6 heteroatoms. The molecule has 2 aromatic rings. The maximum atomic E-state index is 13.5. The third-order valence-electron chi connectivity index (χ3n) is 3.44. The van der Waals surface area contributed by atoms with E-state index >= 15 is 0 Å². The molecule has 0 bridgehead atoms. The lowest BCUT2D eigenvalue weighted by Gasteiger charge is -2.17. The first kappa shape index (κ1) is 16.1. The van der Waals surface area contributed by atoms with Crippen LogP contribution in [0.15, 0.2) is 28.7 Å². The van der Waals surface area contributed by atoms with Gasteiger partial charge in [-0.15, -0.1) is 0 Å². The molecular weight excluding hydrogens is 335 g/mol. The third-order valence-corrected chi connectivity index (χ3v) is 3.90. The molecule has 2 rings (SSSR count). The van der Waals surface area contributed by atoms with E-state index < -0.39 is 0 Å². The van der Waals surface area contributed by atoms with Crippen molar-refractivity contribution in [3.05, 3.63) is 51.5 Å². The van der Waals surface area contributed by atoms with Crippen LogP contribution >= 0.6 is 15.9 Å². The van der Waals surface area contributed by atoms with Crippen LogP contribution in [0.1, 0.15) is 36.8 Å². The standard InChI is InChI=1S/C15H20BrFN4/c1-3-13-9-15(21(4-2)20-13)14(19-18)7-10-5-11(16)8-12(17)6-10/h5-6,8-9,14,19H,3-4,7,18H2,1-2H3. The molecule has 0 radical (unpaired) electrons. The molecule has 0 amide bonds. The average molecular weight is 355 g/mol. The smallest absolute Gasteiger partial charge is 0.124 e. The number of aryl methyl sites for hydroxylation is 2. The molecule has 3 N–H and O–H groups in total. The summed E-state index contributed by atoms with van der Waals surface area (Å²) >= 11 is 3.32. The van der Waals surface area contributed by atoms with E-state index in [0.29, 0.717) is 6.42 Å². The van der Waals surface area contributed by atoms with Crippen molar-refractivity contribution in [2.45, 2.75) is 39.3 Å². The van der Waals surface area contributed by atoms with Crippen LogP contribution < -0.4 is 11.3 Å². The van der Waals surface area contributed by atoms with Gasteiger partial charge in [-0.3, -0.25) is 16.0 Å². The Morgan fingerprint density at radius 1 is 1.33 bits per heavy atom. The van der Waals surface area contributed by atoms with Gasteiger partial charge in [-0.25, -0.2) is 4.39 Å². The van der Waals surface area contributed by atoms with E-state index in [4.69, 9.17) is 5.84 Å². The Bertz CT molecular complexity index is 591. The summed E-state index contributed by atoms with van der Waals surface area (Å²) < 4.78 is 16.2. The van der Waals surface area contributed by atoms with Crippen molar-refractivity contribution in [2.24, 2.45) is 5.84 Å². The first-order valence-electron chi connectivity index (χ1n) is 7.05. The lowest BCUT2D eigenvalue weighted by Crippen LogP contribution is -2.31. The fourth-order valence-electron chi connectivity index (χ4n) is 2.41. The van der Waals surface area contributed by atoms with E-state index in [-0.39, 0.29) is 11.9 Å². The highest BCUT2D eigenvalue weighted by Gasteiger charge is 2.17. The first-order chi connectivity index (χ1) is 10.1. The molecule has 114 valence electrons. The Morgan fingerprint density at radius 2 is 2.10 bits per heavy atom. The van der Waals surface area contributed by atoms with Gasteiger partial charge >= 0.3 is 0 Å². The molecule has 0 aliphatic rings. The molecule has 1 atom stereocenters. The molecule has 0 spiro atoms. The van der Waals surface area contributed by atoms with Gasteiger partial charge in [0.1, 0.15) is 5.82 Å². The number of halogens is 2. The normalized spacial score (nSPS) is 12.6. The van der Waals surface area contributed by atoms with Crippen molar-refractivity contribution in [1.82, 2.24) is 15.2 Å². The van der Waals surface area contributed by atoms with E-state index in [1.165, 1.54) is 12.1 Å². The van der Waals surface area contributed by atoms with Crippen molar-refractivity contribution >= 4 is 15.9 Å². The Labute approximate surface area is 132 Å². The van der Waals surface area contributed by atoms with Crippen molar-refractivity contribution in [3.8, 4) is 0 Å². The predicted octanol–water partition coefficient (Wildman–Crippen LogP) is 3.11. The highest BCUT2D eigenvalue weighted by Crippen LogP contribution is 2.22. The van der Waals surface area contributed by atoms with Crippen molar-refractivity contribution < 1.29 is 4.39 Å². The molecule has 4 nitrogen and oxygen atoms in total. The van der Waals surface area contributed by atoms with Gasteiger partial charge in [0.2, 0.25) is 0 Å². The van der Waals surface area contributed by atoms with Gasteiger partial charge in [0.25, 0.3) is 0 Å². The summed E-state index contributed by atoms with van der Waals surface area (Å²) in [4.78, 5) is 0. The maximum Gasteiger partial charge on any atom is 0.124 e. The largest absolute Gasteiger partial charge is 0.271 e. The Balaban J connectivity index is 2.29. The molecule has 0 aliphatic heterocycles. The topological polar surface area (TPSA) is 55.9 Å². The van der Waals surface area contributed by atoms with Crippen LogP contribution in [0.2, 0.25) is 0 Å². The quantitative estimate of drug-likeness (QED) is 0.618. The number of hydrazine groups is 1. The molecule has 1 heterocycles. The highest BCUT2D eigenvalue weighted by molar-refractivity contribution is 9.10. The number of nitrogens with two attached hydrogens (primary N) is 1. The van der Waals surface area contributed by atoms with Crippen LogP contribution in [0, 0.1) is 5.82 Å². The van der Waals surface area contributed by atoms with Gasteiger partial charge in [0.05, 0.1) is 17.4 Å². The Kier molecular flexibility index (Phi) is 5.50. The molecule has 0 fully saturated rings. The fourth-order valence-corrected chi connectivity index (χ4v) is 2.92. The fraction of sp³-hybridized carbons (Fsp3) is 0.400. The summed E-state index contributed by atoms with van der Waals surface area (Å²) in [5, 5.41) is 4.53. The minimum Gasteiger partial charge on any atom is -0.271 e. The summed E-state index contributed by atoms with van der Waals surface area (Å²) in [6, 6.07) is 6.83. The zero-order valence-corrected chi connectivity index (χ0v) is 13.8. The van der Waals surface area contributed by atoms with E-state index in [9.17, 15) is 4.39 Å². The van der Waals surface area contributed by atoms with Crippen molar-refractivity contribution in [1.29, 1.82) is 0 Å². The molecule has 1 unspecified atom stereocenters. The van der Waals surface area contributed by atoms with E-state index in [2.05, 4.69) is 39.4 Å². The average Bonchev–Trinajstić information content (AvgIpc) is 2.87. The van der Waals surface area contributed by atoms with Gasteiger partial charge in [-0.05, 0) is 49.6 Å². The van der Waals surface area contributed by atoms with Crippen LogP contribution in [-0.4, -0.2) is 9.78 Å². The van der Waals surface area contributed by atoms with Gasteiger partial charge < -0.3 is 0 Å². The van der Waals surface area contributed by atoms with Gasteiger partial charge in [-0.2, -0.15) is 5.10 Å². The minimum atomic E-state index is -0.256. The van der Waals surface area contributed by atoms with Crippen molar-refractivity contribution in [3.63, 3.8) is 0 Å². The molecule has 0 aliphatic carbocycles. The molecule has 21 heavy (non-hydrogen) atoms. The lowest BCUT2D eigenvalue weighted by atomic mass is 10.0. The zero-order chi connectivity index (χ0) is 15.4. The van der Waals surface area contributed by atoms with Gasteiger partial charge in [-0.1, -0.05) is 22.9 Å². The van der Waals surface area contributed by atoms with E-state index in [1.807, 2.05) is 17.7 Å². The minimum absolute atomic E-state index is 0.105. The number of hydrogen-bond acceptors (Lipinski definition) is 3. The van der Waals surface area contributed by atoms with Crippen molar-refractivity contribution in [2.75, 3.05) is 0 Å². The summed E-state index contributed by atoms with van der Waals surface area (Å²) in [6.45, 7) is 4.89. The van der Waals surface area contributed by atoms with Crippen LogP contribution in [0.4, 0.5) is 4.39 Å². The second-order valence-electron chi connectivity index (χ2n) is 4.93. The predicted molar refractivity (Wildman–Crippen MR) is 85.1 cm³/mol. The Hall–Kier alpha value is -1.24. The maximum absolute atomic E-state index is 13.5. The number of nitrogens with one attached hydrogen (secondary N) is 1. The SMILES string of the molecule is CCc1cc(C(Cc2cc(F)cc(Br)c2)NN)n(CC)n1. The summed E-state index contributed by atoms with van der Waals surface area (Å²) in [5.74, 6) is 5.45. The van der Waals surface area contributed by atoms with Crippen LogP contribution in [0.3, 0.4) is 0 Å². The van der Waals surface area contributed by atoms with Crippen LogP contribution in [-0.2, 0) is 19.4 Å². The molecule has 0 saturated heterocycles. The van der Waals surface area contributed by atoms with Gasteiger partial charge in [0.15, 0.2) is 0 Å². The monoisotopic (exact) mass is 354 g/mol.